The first-order chi connectivity index (χ1) is 13.7. The first-order valence-electron chi connectivity index (χ1n) is 9.84. The summed E-state index contributed by atoms with van der Waals surface area (Å²) in [6.45, 7) is 0.460. The summed E-state index contributed by atoms with van der Waals surface area (Å²) in [7, 11) is 0. The Labute approximate surface area is 168 Å². The highest BCUT2D eigenvalue weighted by molar-refractivity contribution is 8.00. The zero-order valence-corrected chi connectivity index (χ0v) is 16.5. The van der Waals surface area contributed by atoms with E-state index in [4.69, 9.17) is 4.42 Å². The third-order valence-electron chi connectivity index (χ3n) is 5.12. The first kappa shape index (κ1) is 18.9. The van der Waals surface area contributed by atoms with E-state index in [2.05, 4.69) is 11.4 Å². The molecule has 1 saturated carbocycles. The summed E-state index contributed by atoms with van der Waals surface area (Å²) in [5, 5.41) is 3.70. The molecule has 0 aliphatic heterocycles. The molecule has 0 bridgehead atoms. The average Bonchev–Trinajstić information content (AvgIpc) is 3.31. The van der Waals surface area contributed by atoms with E-state index in [1.54, 1.807) is 10.6 Å². The van der Waals surface area contributed by atoms with Crippen molar-refractivity contribution in [1.82, 2.24) is 4.57 Å². The number of nitrogens with one attached hydrogen (secondary N) is 1. The lowest BCUT2D eigenvalue weighted by Crippen LogP contribution is -2.17. The zero-order valence-electron chi connectivity index (χ0n) is 15.7. The summed E-state index contributed by atoms with van der Waals surface area (Å²) < 4.78 is 6.83. The van der Waals surface area contributed by atoms with E-state index in [1.807, 2.05) is 48.2 Å². The van der Waals surface area contributed by atoms with E-state index >= 15 is 0 Å². The van der Waals surface area contributed by atoms with E-state index in [1.165, 1.54) is 25.7 Å². The number of thioether (sulfide) groups is 1. The van der Waals surface area contributed by atoms with Gasteiger partial charge >= 0.3 is 5.76 Å². The lowest BCUT2D eigenvalue weighted by atomic mass is 10.2. The van der Waals surface area contributed by atoms with Gasteiger partial charge in [0, 0.05) is 23.1 Å². The van der Waals surface area contributed by atoms with Gasteiger partial charge in [0.05, 0.1) is 11.2 Å². The summed E-state index contributed by atoms with van der Waals surface area (Å²) in [5.41, 5.74) is 2.23. The highest BCUT2D eigenvalue weighted by Crippen LogP contribution is 2.38. The van der Waals surface area contributed by atoms with Crippen LogP contribution in [0.3, 0.4) is 0 Å². The molecule has 1 heterocycles. The van der Waals surface area contributed by atoms with Gasteiger partial charge in [-0.15, -0.1) is 11.8 Å². The zero-order chi connectivity index (χ0) is 19.3. The van der Waals surface area contributed by atoms with Crippen molar-refractivity contribution in [3.63, 3.8) is 0 Å². The molecule has 1 aliphatic rings. The molecule has 0 radical (unpaired) electrons. The van der Waals surface area contributed by atoms with Gasteiger partial charge in [-0.3, -0.25) is 9.36 Å². The molecule has 2 aromatic carbocycles. The van der Waals surface area contributed by atoms with Gasteiger partial charge in [0.2, 0.25) is 5.91 Å². The third-order valence-corrected chi connectivity index (χ3v) is 6.53. The first-order valence-corrected chi connectivity index (χ1v) is 10.7. The Morgan fingerprint density at radius 1 is 1.11 bits per heavy atom. The minimum absolute atomic E-state index is 0.0275. The fraction of sp³-hybridized carbons (Fsp3) is 0.364. The molecule has 0 saturated heterocycles. The molecule has 5 nitrogen and oxygen atoms in total. The largest absolute Gasteiger partial charge is 0.419 e. The van der Waals surface area contributed by atoms with Crippen molar-refractivity contribution in [3.05, 3.63) is 59.1 Å². The van der Waals surface area contributed by atoms with Gasteiger partial charge in [-0.05, 0) is 43.5 Å². The molecule has 146 valence electrons. The quantitative estimate of drug-likeness (QED) is 0.607. The summed E-state index contributed by atoms with van der Waals surface area (Å²) in [4.78, 5) is 25.6. The van der Waals surface area contributed by atoms with Crippen LogP contribution in [0.5, 0.6) is 0 Å². The van der Waals surface area contributed by atoms with Crippen LogP contribution in [-0.2, 0) is 11.3 Å². The van der Waals surface area contributed by atoms with Crippen LogP contribution in [-0.4, -0.2) is 15.7 Å². The van der Waals surface area contributed by atoms with Crippen LogP contribution in [0.25, 0.3) is 11.1 Å². The Morgan fingerprint density at radius 2 is 1.86 bits per heavy atom. The van der Waals surface area contributed by atoms with E-state index in [0.29, 0.717) is 30.2 Å². The number of hydrogen-bond acceptors (Lipinski definition) is 4. The second-order valence-corrected chi connectivity index (χ2v) is 8.50. The number of para-hydroxylation sites is 3. The molecule has 1 aliphatic carbocycles. The number of oxazole rings is 1. The molecular weight excluding hydrogens is 372 g/mol. The summed E-state index contributed by atoms with van der Waals surface area (Å²) in [6.07, 6.45) is 6.03. The lowest BCUT2D eigenvalue weighted by Gasteiger charge is -2.14. The van der Waals surface area contributed by atoms with Crippen LogP contribution in [0, 0.1) is 0 Å². The molecule has 1 aromatic heterocycles. The monoisotopic (exact) mass is 396 g/mol. The Kier molecular flexibility index (Phi) is 5.86. The molecular formula is C22H24N2O3S. The molecule has 1 fully saturated rings. The Balaban J connectivity index is 1.35. The fourth-order valence-electron chi connectivity index (χ4n) is 3.69. The van der Waals surface area contributed by atoms with Crippen molar-refractivity contribution in [3.8, 4) is 0 Å². The maximum Gasteiger partial charge on any atom is 0.419 e. The molecule has 6 heteroatoms. The van der Waals surface area contributed by atoms with Crippen molar-refractivity contribution in [2.75, 3.05) is 5.32 Å². The maximum atomic E-state index is 12.4. The van der Waals surface area contributed by atoms with Crippen LogP contribution >= 0.6 is 11.8 Å². The number of carbonyl (C=O) groups excluding carboxylic acids is 1. The number of aryl methyl sites for hydroxylation is 1. The topological polar surface area (TPSA) is 64.2 Å². The van der Waals surface area contributed by atoms with Crippen LogP contribution in [0.4, 0.5) is 5.69 Å². The van der Waals surface area contributed by atoms with Crippen molar-refractivity contribution in [2.24, 2.45) is 0 Å². The Bertz CT molecular complexity index is 1020. The fourth-order valence-corrected chi connectivity index (χ4v) is 5.03. The summed E-state index contributed by atoms with van der Waals surface area (Å²) in [6, 6.07) is 15.4. The third kappa shape index (κ3) is 4.33. The maximum absolute atomic E-state index is 12.4. The smallest absolute Gasteiger partial charge is 0.408 e. The van der Waals surface area contributed by atoms with Crippen LogP contribution in [0.15, 0.2) is 62.6 Å². The van der Waals surface area contributed by atoms with E-state index in [0.717, 1.165) is 16.1 Å². The van der Waals surface area contributed by atoms with Crippen LogP contribution in [0.1, 0.15) is 38.5 Å². The minimum Gasteiger partial charge on any atom is -0.408 e. The molecule has 4 rings (SSSR count). The number of amides is 1. The molecule has 3 aromatic rings. The van der Waals surface area contributed by atoms with Gasteiger partial charge in [-0.1, -0.05) is 37.1 Å². The van der Waals surface area contributed by atoms with Gasteiger partial charge in [0.1, 0.15) is 0 Å². The van der Waals surface area contributed by atoms with E-state index in [-0.39, 0.29) is 11.7 Å². The predicted molar refractivity (Wildman–Crippen MR) is 113 cm³/mol. The van der Waals surface area contributed by atoms with Gasteiger partial charge in [0.25, 0.3) is 0 Å². The number of benzene rings is 2. The molecule has 28 heavy (non-hydrogen) atoms. The summed E-state index contributed by atoms with van der Waals surface area (Å²) in [5.74, 6) is -0.403. The number of hydrogen-bond donors (Lipinski definition) is 1. The molecule has 0 spiro atoms. The standard InChI is InChI=1S/C22H24N2O3S/c25-21(14-7-15-24-18-11-4-5-12-19(18)27-22(24)26)23-17-10-3-6-13-20(17)28-16-8-1-2-9-16/h3-6,10-13,16H,1-2,7-9,14-15H2,(H,23,25). The Morgan fingerprint density at radius 3 is 2.71 bits per heavy atom. The summed E-state index contributed by atoms with van der Waals surface area (Å²) >= 11 is 1.87. The average molecular weight is 397 g/mol. The van der Waals surface area contributed by atoms with E-state index in [9.17, 15) is 9.59 Å². The molecule has 0 atom stereocenters. The Hall–Kier alpha value is -2.47. The number of aromatic nitrogens is 1. The normalized spacial score (nSPS) is 14.6. The van der Waals surface area contributed by atoms with Gasteiger partial charge in [0.15, 0.2) is 5.58 Å². The number of anilines is 1. The highest BCUT2D eigenvalue weighted by atomic mass is 32.2. The number of carbonyl (C=O) groups is 1. The second kappa shape index (κ2) is 8.69. The van der Waals surface area contributed by atoms with Crippen molar-refractivity contribution in [1.29, 1.82) is 0 Å². The lowest BCUT2D eigenvalue weighted by molar-refractivity contribution is -0.116. The van der Waals surface area contributed by atoms with Crippen molar-refractivity contribution in [2.45, 2.75) is 55.2 Å². The van der Waals surface area contributed by atoms with Gasteiger partial charge in [-0.2, -0.15) is 0 Å². The van der Waals surface area contributed by atoms with Crippen LogP contribution in [0.2, 0.25) is 0 Å². The minimum atomic E-state index is -0.375. The predicted octanol–water partition coefficient (Wildman–Crippen LogP) is 5.05. The van der Waals surface area contributed by atoms with Gasteiger partial charge < -0.3 is 9.73 Å². The van der Waals surface area contributed by atoms with Crippen molar-refractivity contribution < 1.29 is 9.21 Å². The van der Waals surface area contributed by atoms with Crippen molar-refractivity contribution >= 4 is 34.5 Å². The number of rotatable bonds is 7. The molecule has 1 N–H and O–H groups in total. The molecule has 0 unspecified atom stereocenters. The number of fused-ring (bicyclic) bond motifs is 1. The molecule has 1 amide bonds. The van der Waals surface area contributed by atoms with Gasteiger partial charge in [-0.25, -0.2) is 4.79 Å². The second-order valence-electron chi connectivity index (χ2n) is 7.16. The SMILES string of the molecule is O=C(CCCn1c(=O)oc2ccccc21)Nc1ccccc1SC1CCCC1. The highest BCUT2D eigenvalue weighted by Gasteiger charge is 2.18. The number of nitrogens with zero attached hydrogens (tertiary/aromatic N) is 1. The van der Waals surface area contributed by atoms with Crippen LogP contribution < -0.4 is 11.1 Å². The van der Waals surface area contributed by atoms with E-state index < -0.39 is 0 Å².